The van der Waals surface area contributed by atoms with Gasteiger partial charge >= 0.3 is 18.3 Å². The van der Waals surface area contributed by atoms with E-state index in [0.717, 1.165) is 40.7 Å². The maximum Gasteiger partial charge on any atom is 0.418 e. The molecule has 1 atom stereocenters. The van der Waals surface area contributed by atoms with Crippen molar-refractivity contribution in [3.8, 4) is 5.75 Å². The Morgan fingerprint density at radius 1 is 1.02 bits per heavy atom. The molecule has 0 saturated heterocycles. The second-order valence-corrected chi connectivity index (χ2v) is 10.6. The first-order valence-electron chi connectivity index (χ1n) is 11.6. The van der Waals surface area contributed by atoms with E-state index in [1.54, 1.807) is 0 Å². The minimum absolute atomic E-state index is 0.00292. The van der Waals surface area contributed by atoms with Gasteiger partial charge in [0.05, 0.1) is 33.9 Å². The quantitative estimate of drug-likeness (QED) is 0.336. The lowest BCUT2D eigenvalue weighted by molar-refractivity contribution is -0.138. The SMILES string of the molecule is O=C(O)CCC1CN(S(=O)(=O)c2cccc(C(F)(F)F)c2)c2cc(C=Cc3ncccc3C(F)(F)F)ccc2O1. The highest BCUT2D eigenvalue weighted by Crippen LogP contribution is 2.40. The maximum atomic E-state index is 13.6. The molecule has 0 radical (unpaired) electrons. The van der Waals surface area contributed by atoms with Gasteiger partial charge in [0.2, 0.25) is 0 Å². The van der Waals surface area contributed by atoms with Gasteiger partial charge in [-0.15, -0.1) is 0 Å². The number of aromatic nitrogens is 1. The van der Waals surface area contributed by atoms with Gasteiger partial charge in [-0.25, -0.2) is 8.42 Å². The Kier molecular flexibility index (Phi) is 7.83. The number of alkyl halides is 6. The second-order valence-electron chi connectivity index (χ2n) is 8.73. The summed E-state index contributed by atoms with van der Waals surface area (Å²) in [5.41, 5.74) is -2.39. The monoisotopic (exact) mass is 586 g/mol. The third kappa shape index (κ3) is 6.38. The fraction of sp³-hybridized carbons (Fsp3) is 0.231. The zero-order valence-corrected chi connectivity index (χ0v) is 21.1. The molecule has 0 spiro atoms. The zero-order valence-electron chi connectivity index (χ0n) is 20.3. The number of fused-ring (bicyclic) bond motifs is 1. The molecule has 14 heteroatoms. The lowest BCUT2D eigenvalue weighted by Gasteiger charge is -2.35. The van der Waals surface area contributed by atoms with E-state index in [0.29, 0.717) is 6.07 Å². The Labute approximate surface area is 224 Å². The minimum atomic E-state index is -4.81. The van der Waals surface area contributed by atoms with Crippen LogP contribution in [0.4, 0.5) is 32.0 Å². The molecule has 40 heavy (non-hydrogen) atoms. The lowest BCUT2D eigenvalue weighted by Crippen LogP contribution is -2.43. The summed E-state index contributed by atoms with van der Waals surface area (Å²) in [5.74, 6) is -1.15. The molecular formula is C26H20F6N2O5S. The van der Waals surface area contributed by atoms with Crippen LogP contribution >= 0.6 is 0 Å². The van der Waals surface area contributed by atoms with E-state index in [1.165, 1.54) is 30.5 Å². The van der Waals surface area contributed by atoms with E-state index < -0.39 is 57.0 Å². The van der Waals surface area contributed by atoms with Crippen LogP contribution in [-0.2, 0) is 27.2 Å². The molecule has 0 fully saturated rings. The van der Waals surface area contributed by atoms with Crippen molar-refractivity contribution >= 4 is 33.8 Å². The number of nitrogens with zero attached hydrogens (tertiary/aromatic N) is 2. The number of pyridine rings is 1. The van der Waals surface area contributed by atoms with E-state index in [9.17, 15) is 39.6 Å². The molecule has 4 rings (SSSR count). The van der Waals surface area contributed by atoms with Crippen LogP contribution in [0.25, 0.3) is 12.2 Å². The van der Waals surface area contributed by atoms with E-state index in [-0.39, 0.29) is 35.5 Å². The van der Waals surface area contributed by atoms with Gasteiger partial charge in [0.15, 0.2) is 0 Å². The molecule has 1 aromatic heterocycles. The number of sulfonamides is 1. The van der Waals surface area contributed by atoms with Crippen molar-refractivity contribution in [3.05, 3.63) is 83.2 Å². The Balaban J connectivity index is 1.76. The topological polar surface area (TPSA) is 96.8 Å². The highest BCUT2D eigenvalue weighted by atomic mass is 32.2. The van der Waals surface area contributed by atoms with Crippen molar-refractivity contribution < 1.29 is 49.4 Å². The lowest BCUT2D eigenvalue weighted by atomic mass is 10.1. The Morgan fingerprint density at radius 2 is 1.77 bits per heavy atom. The van der Waals surface area contributed by atoms with Crippen molar-refractivity contribution in [3.63, 3.8) is 0 Å². The number of carboxylic acid groups (broad SMARTS) is 1. The maximum absolute atomic E-state index is 13.6. The van der Waals surface area contributed by atoms with Crippen LogP contribution in [0.5, 0.6) is 5.75 Å². The van der Waals surface area contributed by atoms with E-state index in [4.69, 9.17) is 9.84 Å². The molecule has 0 amide bonds. The van der Waals surface area contributed by atoms with Gasteiger partial charge in [0, 0.05) is 12.6 Å². The van der Waals surface area contributed by atoms with Crippen molar-refractivity contribution in [1.29, 1.82) is 0 Å². The number of halogens is 6. The molecule has 1 aliphatic heterocycles. The molecule has 2 aromatic carbocycles. The highest BCUT2D eigenvalue weighted by Gasteiger charge is 2.37. The van der Waals surface area contributed by atoms with Crippen molar-refractivity contribution in [2.24, 2.45) is 0 Å². The molecule has 212 valence electrons. The summed E-state index contributed by atoms with van der Waals surface area (Å²) in [7, 11) is -4.62. The minimum Gasteiger partial charge on any atom is -0.486 e. The molecule has 0 aliphatic carbocycles. The van der Waals surface area contributed by atoms with Gasteiger partial charge in [-0.05, 0) is 60.5 Å². The van der Waals surface area contributed by atoms with E-state index >= 15 is 0 Å². The average Bonchev–Trinajstić information content (AvgIpc) is 2.89. The molecule has 2 heterocycles. The van der Waals surface area contributed by atoms with Gasteiger partial charge in [0.1, 0.15) is 11.9 Å². The largest absolute Gasteiger partial charge is 0.486 e. The van der Waals surface area contributed by atoms with Crippen LogP contribution in [0.15, 0.2) is 65.7 Å². The predicted molar refractivity (Wildman–Crippen MR) is 132 cm³/mol. The summed E-state index contributed by atoms with van der Waals surface area (Å²) in [6.07, 6.45) is -7.33. The zero-order chi connectivity index (χ0) is 29.3. The molecule has 3 aromatic rings. The highest BCUT2D eigenvalue weighted by molar-refractivity contribution is 7.92. The number of anilines is 1. The van der Waals surface area contributed by atoms with Gasteiger partial charge in [-0.1, -0.05) is 18.2 Å². The third-order valence-electron chi connectivity index (χ3n) is 5.92. The summed E-state index contributed by atoms with van der Waals surface area (Å²) in [6.45, 7) is -0.412. The van der Waals surface area contributed by atoms with Gasteiger partial charge < -0.3 is 9.84 Å². The predicted octanol–water partition coefficient (Wildman–Crippen LogP) is 6.11. The normalized spacial score (nSPS) is 16.1. The van der Waals surface area contributed by atoms with Crippen molar-refractivity contribution in [1.82, 2.24) is 4.98 Å². The van der Waals surface area contributed by atoms with Crippen molar-refractivity contribution in [2.45, 2.75) is 36.2 Å². The molecule has 1 aliphatic rings. The molecule has 1 N–H and O–H groups in total. The standard InChI is InChI=1S/C26H20F6N2O5S/c27-25(28,29)17-3-1-4-19(14-17)40(37,38)34-15-18(8-11-24(35)36)39-23-10-7-16(13-22(23)34)6-9-21-20(26(30,31)32)5-2-12-33-21/h1-7,9-10,12-14,18H,8,11,15H2,(H,35,36). The van der Waals surface area contributed by atoms with Gasteiger partial charge in [0.25, 0.3) is 10.0 Å². The van der Waals surface area contributed by atoms with E-state index in [1.807, 2.05) is 0 Å². The Bertz CT molecular complexity index is 1550. The first kappa shape index (κ1) is 28.9. The number of benzene rings is 2. The summed E-state index contributed by atoms with van der Waals surface area (Å²) < 4.78 is 114. The smallest absolute Gasteiger partial charge is 0.418 e. The molecule has 7 nitrogen and oxygen atoms in total. The third-order valence-corrected chi connectivity index (χ3v) is 7.70. The average molecular weight is 587 g/mol. The Morgan fingerprint density at radius 3 is 2.45 bits per heavy atom. The number of rotatable bonds is 7. The molecule has 0 bridgehead atoms. The van der Waals surface area contributed by atoms with Gasteiger partial charge in [-0.2, -0.15) is 26.3 Å². The number of ether oxygens (including phenoxy) is 1. The number of hydrogen-bond donors (Lipinski definition) is 1. The summed E-state index contributed by atoms with van der Waals surface area (Å²) in [6, 6.07) is 9.21. The summed E-state index contributed by atoms with van der Waals surface area (Å²) in [4.78, 5) is 14.1. The molecular weight excluding hydrogens is 566 g/mol. The second kappa shape index (κ2) is 10.8. The van der Waals surface area contributed by atoms with Crippen LogP contribution in [0, 0.1) is 0 Å². The van der Waals surface area contributed by atoms with Gasteiger partial charge in [-0.3, -0.25) is 14.1 Å². The number of carboxylic acids is 1. The Hall–Kier alpha value is -4.07. The first-order valence-corrected chi connectivity index (χ1v) is 13.0. The number of carbonyl (C=O) groups is 1. The van der Waals surface area contributed by atoms with Crippen LogP contribution in [0.1, 0.15) is 35.2 Å². The molecule has 1 unspecified atom stereocenters. The van der Waals surface area contributed by atoms with Crippen molar-refractivity contribution in [2.75, 3.05) is 10.8 Å². The number of aliphatic carboxylic acids is 1. The molecule has 0 saturated carbocycles. The van der Waals surface area contributed by atoms with E-state index in [2.05, 4.69) is 4.98 Å². The summed E-state index contributed by atoms with van der Waals surface area (Å²) >= 11 is 0. The number of hydrogen-bond acceptors (Lipinski definition) is 5. The van der Waals surface area contributed by atoms with Crippen LogP contribution in [0.3, 0.4) is 0 Å². The van der Waals surface area contributed by atoms with Crippen LogP contribution in [0.2, 0.25) is 0 Å². The first-order chi connectivity index (χ1) is 18.7. The summed E-state index contributed by atoms with van der Waals surface area (Å²) in [5, 5.41) is 9.03. The van der Waals surface area contributed by atoms with Crippen LogP contribution < -0.4 is 9.04 Å². The fourth-order valence-electron chi connectivity index (χ4n) is 4.02. The fourth-order valence-corrected chi connectivity index (χ4v) is 5.57. The van der Waals surface area contributed by atoms with Crippen LogP contribution in [-0.4, -0.2) is 37.1 Å².